The van der Waals surface area contributed by atoms with E-state index in [2.05, 4.69) is 5.32 Å². The Balaban J connectivity index is 1.72. The molecule has 118 valence electrons. The fraction of sp³-hybridized carbons (Fsp3) is 0.375. The molecule has 0 atom stereocenters. The number of nitrogens with zero attached hydrogens (tertiary/aromatic N) is 1. The number of likely N-dealkylation sites (tertiary alicyclic amines) is 1. The molecule has 1 N–H and O–H groups in total. The van der Waals surface area contributed by atoms with Crippen LogP contribution in [-0.4, -0.2) is 36.3 Å². The number of nitrogens with one attached hydrogen (secondary N) is 1. The third-order valence-electron chi connectivity index (χ3n) is 3.47. The molecule has 0 aliphatic carbocycles. The van der Waals surface area contributed by atoms with Crippen molar-refractivity contribution in [3.63, 3.8) is 0 Å². The molecule has 0 radical (unpaired) electrons. The normalized spacial score (nSPS) is 14.8. The predicted molar refractivity (Wildman–Crippen MR) is 88.9 cm³/mol. The lowest BCUT2D eigenvalue weighted by Crippen LogP contribution is -2.29. The standard InChI is InChI=1S/C16H18Cl2N2O2/c17-13-5-1-4-12(16(13)18)7-8-14(21)19-9-3-11-20-10-2-6-15(20)22/h1,4-5,7-8H,2-3,6,9-11H2,(H,19,21). The van der Waals surface area contributed by atoms with Crippen LogP contribution in [0.15, 0.2) is 24.3 Å². The maximum atomic E-state index is 11.7. The maximum absolute atomic E-state index is 11.7. The third kappa shape index (κ3) is 4.75. The van der Waals surface area contributed by atoms with Crippen molar-refractivity contribution >= 4 is 41.1 Å². The molecule has 22 heavy (non-hydrogen) atoms. The van der Waals surface area contributed by atoms with Crippen LogP contribution in [-0.2, 0) is 9.59 Å². The van der Waals surface area contributed by atoms with Crippen molar-refractivity contribution in [2.75, 3.05) is 19.6 Å². The molecule has 2 amide bonds. The number of amides is 2. The van der Waals surface area contributed by atoms with Crippen LogP contribution in [0.2, 0.25) is 10.0 Å². The highest BCUT2D eigenvalue weighted by molar-refractivity contribution is 6.42. The molecule has 2 rings (SSSR count). The first-order chi connectivity index (χ1) is 10.6. The van der Waals surface area contributed by atoms with E-state index >= 15 is 0 Å². The zero-order valence-electron chi connectivity index (χ0n) is 12.1. The summed E-state index contributed by atoms with van der Waals surface area (Å²) in [7, 11) is 0. The van der Waals surface area contributed by atoms with Crippen molar-refractivity contribution in [3.05, 3.63) is 39.9 Å². The Hall–Kier alpha value is -1.52. The SMILES string of the molecule is O=C(C=Cc1cccc(Cl)c1Cl)NCCCN1CCCC1=O. The molecule has 0 saturated carbocycles. The van der Waals surface area contributed by atoms with E-state index < -0.39 is 0 Å². The van der Waals surface area contributed by atoms with Crippen LogP contribution in [0, 0.1) is 0 Å². The molecule has 0 spiro atoms. The van der Waals surface area contributed by atoms with E-state index in [1.165, 1.54) is 6.08 Å². The van der Waals surface area contributed by atoms with Gasteiger partial charge in [-0.1, -0.05) is 35.3 Å². The monoisotopic (exact) mass is 340 g/mol. The minimum Gasteiger partial charge on any atom is -0.352 e. The number of carbonyl (C=O) groups is 2. The van der Waals surface area contributed by atoms with E-state index in [4.69, 9.17) is 23.2 Å². The Bertz CT molecular complexity index is 588. The summed E-state index contributed by atoms with van der Waals surface area (Å²) < 4.78 is 0. The molecule has 1 fully saturated rings. The molecule has 1 heterocycles. The van der Waals surface area contributed by atoms with Gasteiger partial charge in [-0.3, -0.25) is 9.59 Å². The molecule has 1 aliphatic rings. The lowest BCUT2D eigenvalue weighted by atomic mass is 10.2. The van der Waals surface area contributed by atoms with E-state index in [0.717, 1.165) is 19.4 Å². The second-order valence-corrected chi connectivity index (χ2v) is 5.89. The molecule has 6 heteroatoms. The molecule has 1 aromatic rings. The van der Waals surface area contributed by atoms with E-state index in [0.29, 0.717) is 35.1 Å². The zero-order chi connectivity index (χ0) is 15.9. The topological polar surface area (TPSA) is 49.4 Å². The van der Waals surface area contributed by atoms with E-state index in [9.17, 15) is 9.59 Å². The molecule has 0 bridgehead atoms. The maximum Gasteiger partial charge on any atom is 0.244 e. The van der Waals surface area contributed by atoms with Gasteiger partial charge < -0.3 is 10.2 Å². The van der Waals surface area contributed by atoms with Gasteiger partial charge in [0.25, 0.3) is 0 Å². The summed E-state index contributed by atoms with van der Waals surface area (Å²) in [6.45, 7) is 2.07. The van der Waals surface area contributed by atoms with Crippen molar-refractivity contribution in [1.82, 2.24) is 10.2 Å². The van der Waals surface area contributed by atoms with Crippen LogP contribution in [0.1, 0.15) is 24.8 Å². The van der Waals surface area contributed by atoms with Crippen LogP contribution in [0.5, 0.6) is 0 Å². The smallest absolute Gasteiger partial charge is 0.244 e. The Morgan fingerprint density at radius 2 is 2.18 bits per heavy atom. The zero-order valence-corrected chi connectivity index (χ0v) is 13.7. The lowest BCUT2D eigenvalue weighted by Gasteiger charge is -2.14. The number of carbonyl (C=O) groups excluding carboxylic acids is 2. The van der Waals surface area contributed by atoms with Crippen LogP contribution in [0.3, 0.4) is 0 Å². The van der Waals surface area contributed by atoms with Crippen LogP contribution < -0.4 is 5.32 Å². The average molecular weight is 341 g/mol. The Morgan fingerprint density at radius 3 is 2.91 bits per heavy atom. The number of hydrogen-bond acceptors (Lipinski definition) is 2. The predicted octanol–water partition coefficient (Wildman–Crippen LogP) is 3.14. The average Bonchev–Trinajstić information content (AvgIpc) is 2.90. The quantitative estimate of drug-likeness (QED) is 0.638. The number of hydrogen-bond donors (Lipinski definition) is 1. The Labute approximate surface area is 140 Å². The van der Waals surface area contributed by atoms with Gasteiger partial charge in [-0.05, 0) is 30.5 Å². The summed E-state index contributed by atoms with van der Waals surface area (Å²) in [4.78, 5) is 25.0. The van der Waals surface area contributed by atoms with Gasteiger partial charge in [0.1, 0.15) is 0 Å². The first-order valence-electron chi connectivity index (χ1n) is 7.25. The summed E-state index contributed by atoms with van der Waals surface area (Å²) >= 11 is 11.9. The molecule has 1 saturated heterocycles. The molecule has 0 aromatic heterocycles. The van der Waals surface area contributed by atoms with E-state index in [1.807, 2.05) is 4.90 Å². The van der Waals surface area contributed by atoms with Crippen LogP contribution >= 0.6 is 23.2 Å². The summed E-state index contributed by atoms with van der Waals surface area (Å²) in [5.41, 5.74) is 0.701. The van der Waals surface area contributed by atoms with Gasteiger partial charge in [0, 0.05) is 32.1 Å². The summed E-state index contributed by atoms with van der Waals surface area (Å²) in [5, 5.41) is 3.68. The van der Waals surface area contributed by atoms with Crippen molar-refractivity contribution in [2.45, 2.75) is 19.3 Å². The minimum absolute atomic E-state index is 0.191. The highest BCUT2D eigenvalue weighted by Crippen LogP contribution is 2.26. The third-order valence-corrected chi connectivity index (χ3v) is 4.30. The number of rotatable bonds is 6. The number of halogens is 2. The Morgan fingerprint density at radius 1 is 1.36 bits per heavy atom. The summed E-state index contributed by atoms with van der Waals surface area (Å²) in [5.74, 6) is 0.0191. The molecule has 0 unspecified atom stereocenters. The van der Waals surface area contributed by atoms with Gasteiger partial charge in [0.15, 0.2) is 0 Å². The first-order valence-corrected chi connectivity index (χ1v) is 8.01. The highest BCUT2D eigenvalue weighted by atomic mass is 35.5. The largest absolute Gasteiger partial charge is 0.352 e. The van der Waals surface area contributed by atoms with Crippen molar-refractivity contribution < 1.29 is 9.59 Å². The first kappa shape index (κ1) is 16.8. The lowest BCUT2D eigenvalue weighted by molar-refractivity contribution is -0.127. The molecule has 4 nitrogen and oxygen atoms in total. The molecular weight excluding hydrogens is 323 g/mol. The van der Waals surface area contributed by atoms with Crippen molar-refractivity contribution in [1.29, 1.82) is 0 Å². The molecule has 1 aromatic carbocycles. The van der Waals surface area contributed by atoms with Gasteiger partial charge in [-0.15, -0.1) is 0 Å². The van der Waals surface area contributed by atoms with Gasteiger partial charge in [-0.2, -0.15) is 0 Å². The fourth-order valence-corrected chi connectivity index (χ4v) is 2.67. The highest BCUT2D eigenvalue weighted by Gasteiger charge is 2.18. The molecular formula is C16H18Cl2N2O2. The van der Waals surface area contributed by atoms with Crippen molar-refractivity contribution in [2.24, 2.45) is 0 Å². The summed E-state index contributed by atoms with van der Waals surface area (Å²) in [6.07, 6.45) is 5.40. The van der Waals surface area contributed by atoms with E-state index in [-0.39, 0.29) is 11.8 Å². The number of benzene rings is 1. The minimum atomic E-state index is -0.191. The summed E-state index contributed by atoms with van der Waals surface area (Å²) in [6, 6.07) is 5.26. The van der Waals surface area contributed by atoms with E-state index in [1.54, 1.807) is 24.3 Å². The van der Waals surface area contributed by atoms with Crippen molar-refractivity contribution in [3.8, 4) is 0 Å². The second-order valence-electron chi connectivity index (χ2n) is 5.11. The van der Waals surface area contributed by atoms with Gasteiger partial charge in [-0.25, -0.2) is 0 Å². The molecule has 1 aliphatic heterocycles. The fourth-order valence-electron chi connectivity index (χ4n) is 2.30. The van der Waals surface area contributed by atoms with Gasteiger partial charge >= 0.3 is 0 Å². The van der Waals surface area contributed by atoms with Crippen LogP contribution in [0.4, 0.5) is 0 Å². The van der Waals surface area contributed by atoms with Crippen LogP contribution in [0.25, 0.3) is 6.08 Å². The van der Waals surface area contributed by atoms with Gasteiger partial charge in [0.2, 0.25) is 11.8 Å². The van der Waals surface area contributed by atoms with Gasteiger partial charge in [0.05, 0.1) is 10.0 Å². The Kier molecular flexibility index (Phi) is 6.28. The second kappa shape index (κ2) is 8.20.